The summed E-state index contributed by atoms with van der Waals surface area (Å²) in [6.07, 6.45) is -1.16. The van der Waals surface area contributed by atoms with E-state index in [-0.39, 0.29) is 13.2 Å². The van der Waals surface area contributed by atoms with Gasteiger partial charge in [0.15, 0.2) is 0 Å². The third-order valence-electron chi connectivity index (χ3n) is 2.31. The Labute approximate surface area is 112 Å². The maximum Gasteiger partial charge on any atom is 0.300 e. The molecule has 0 spiro atoms. The summed E-state index contributed by atoms with van der Waals surface area (Å²) in [6.45, 7) is 4.01. The summed E-state index contributed by atoms with van der Waals surface area (Å²) in [5.41, 5.74) is 0.324. The van der Waals surface area contributed by atoms with E-state index in [0.717, 1.165) is 0 Å². The summed E-state index contributed by atoms with van der Waals surface area (Å²) in [5.74, 6) is 4.20. The number of benzene rings is 1. The molecular weight excluding hydrogens is 248 g/mol. The highest BCUT2D eigenvalue weighted by molar-refractivity contribution is 6.04. The summed E-state index contributed by atoms with van der Waals surface area (Å²) in [5, 5.41) is 0.519. The number of hydrogen-bond donors (Lipinski definition) is 1. The number of ether oxygens (including phenoxy) is 2. The highest BCUT2D eigenvalue weighted by Gasteiger charge is 2.28. The van der Waals surface area contributed by atoms with Crippen molar-refractivity contribution < 1.29 is 19.1 Å². The first-order chi connectivity index (χ1) is 9.11. The number of hydrogen-bond acceptors (Lipinski definition) is 5. The topological polar surface area (TPSA) is 81.9 Å². The van der Waals surface area contributed by atoms with Gasteiger partial charge in [-0.25, -0.2) is 10.9 Å². The molecule has 1 aromatic rings. The van der Waals surface area contributed by atoms with Gasteiger partial charge in [0, 0.05) is 18.8 Å². The molecule has 0 aliphatic rings. The molecule has 0 aliphatic carbocycles. The minimum atomic E-state index is -1.16. The fourth-order valence-corrected chi connectivity index (χ4v) is 1.43. The van der Waals surface area contributed by atoms with Gasteiger partial charge in [0.05, 0.1) is 0 Å². The van der Waals surface area contributed by atoms with E-state index in [1.165, 1.54) is 0 Å². The molecule has 0 aromatic heterocycles. The zero-order valence-corrected chi connectivity index (χ0v) is 11.0. The van der Waals surface area contributed by atoms with Crippen molar-refractivity contribution in [2.45, 2.75) is 20.1 Å². The number of nitrogens with two attached hydrogens (primary N) is 1. The van der Waals surface area contributed by atoms with Crippen molar-refractivity contribution in [3.05, 3.63) is 35.9 Å². The Hall–Kier alpha value is -1.76. The Balaban J connectivity index is 2.77. The van der Waals surface area contributed by atoms with E-state index >= 15 is 0 Å². The molecular formula is C13H18N2O4. The van der Waals surface area contributed by atoms with Crippen LogP contribution in [0.15, 0.2) is 30.3 Å². The van der Waals surface area contributed by atoms with Gasteiger partial charge < -0.3 is 9.47 Å². The van der Waals surface area contributed by atoms with Crippen molar-refractivity contribution >= 4 is 11.8 Å². The predicted molar refractivity (Wildman–Crippen MR) is 68.8 cm³/mol. The van der Waals surface area contributed by atoms with E-state index in [9.17, 15) is 9.59 Å². The van der Waals surface area contributed by atoms with Gasteiger partial charge in [-0.2, -0.15) is 0 Å². The van der Waals surface area contributed by atoms with Crippen molar-refractivity contribution in [3.8, 4) is 0 Å². The summed E-state index contributed by atoms with van der Waals surface area (Å²) >= 11 is 0. The smallest absolute Gasteiger partial charge is 0.300 e. The molecule has 19 heavy (non-hydrogen) atoms. The average molecular weight is 266 g/mol. The number of nitrogens with zero attached hydrogens (tertiary/aromatic N) is 1. The quantitative estimate of drug-likeness (QED) is 0.358. The molecule has 2 N–H and O–H groups in total. The Bertz CT molecular complexity index is 416. The highest BCUT2D eigenvalue weighted by atomic mass is 16.7. The lowest BCUT2D eigenvalue weighted by atomic mass is 10.2. The lowest BCUT2D eigenvalue weighted by Crippen LogP contribution is -2.49. The fraction of sp³-hybridized carbons (Fsp3) is 0.385. The zero-order chi connectivity index (χ0) is 14.3. The van der Waals surface area contributed by atoms with Crippen molar-refractivity contribution in [2.75, 3.05) is 13.2 Å². The molecule has 0 aliphatic heterocycles. The third kappa shape index (κ3) is 4.13. The van der Waals surface area contributed by atoms with Crippen molar-refractivity contribution in [3.63, 3.8) is 0 Å². The minimum Gasteiger partial charge on any atom is -0.345 e. The summed E-state index contributed by atoms with van der Waals surface area (Å²) in [6, 6.07) is 8.29. The first kappa shape index (κ1) is 15.3. The van der Waals surface area contributed by atoms with Gasteiger partial charge in [0.1, 0.15) is 0 Å². The fourth-order valence-electron chi connectivity index (χ4n) is 1.43. The van der Waals surface area contributed by atoms with E-state index < -0.39 is 18.1 Å². The Morgan fingerprint density at radius 2 is 1.68 bits per heavy atom. The molecule has 1 aromatic carbocycles. The van der Waals surface area contributed by atoms with E-state index in [1.807, 2.05) is 0 Å². The van der Waals surface area contributed by atoms with Crippen LogP contribution in [0.1, 0.15) is 24.2 Å². The molecule has 6 heteroatoms. The van der Waals surface area contributed by atoms with Crippen molar-refractivity contribution in [1.29, 1.82) is 0 Å². The molecule has 2 amide bonds. The number of carbonyl (C=O) groups is 2. The molecule has 0 atom stereocenters. The van der Waals surface area contributed by atoms with E-state index in [0.29, 0.717) is 10.6 Å². The van der Waals surface area contributed by atoms with Gasteiger partial charge >= 0.3 is 5.91 Å². The maximum atomic E-state index is 12.0. The Morgan fingerprint density at radius 3 is 2.16 bits per heavy atom. The van der Waals surface area contributed by atoms with E-state index in [4.69, 9.17) is 15.3 Å². The largest absolute Gasteiger partial charge is 0.345 e. The summed E-state index contributed by atoms with van der Waals surface area (Å²) in [7, 11) is 0. The summed E-state index contributed by atoms with van der Waals surface area (Å²) in [4.78, 5) is 23.9. The molecule has 1 rings (SSSR count). The second-order valence-corrected chi connectivity index (χ2v) is 3.62. The molecule has 0 saturated heterocycles. The van der Waals surface area contributed by atoms with Crippen molar-refractivity contribution in [1.82, 2.24) is 5.01 Å². The lowest BCUT2D eigenvalue weighted by molar-refractivity contribution is -0.178. The third-order valence-corrected chi connectivity index (χ3v) is 2.31. The summed E-state index contributed by atoms with van der Waals surface area (Å²) < 4.78 is 10.2. The van der Waals surface area contributed by atoms with Crippen LogP contribution in [0.2, 0.25) is 0 Å². The molecule has 0 saturated carbocycles. The zero-order valence-electron chi connectivity index (χ0n) is 11.0. The van der Waals surface area contributed by atoms with E-state index in [1.54, 1.807) is 44.2 Å². The second-order valence-electron chi connectivity index (χ2n) is 3.62. The number of amides is 2. The molecule has 0 radical (unpaired) electrons. The highest BCUT2D eigenvalue weighted by Crippen LogP contribution is 2.05. The van der Waals surface area contributed by atoms with Gasteiger partial charge in [-0.3, -0.25) is 9.59 Å². The predicted octanol–water partition coefficient (Wildman–Crippen LogP) is 0.928. The second kappa shape index (κ2) is 7.63. The molecule has 0 unspecified atom stereocenters. The number of imide groups is 1. The van der Waals surface area contributed by atoms with Crippen molar-refractivity contribution in [2.24, 2.45) is 5.84 Å². The van der Waals surface area contributed by atoms with Crippen LogP contribution >= 0.6 is 0 Å². The van der Waals surface area contributed by atoms with Crippen LogP contribution in [0.5, 0.6) is 0 Å². The average Bonchev–Trinajstić information content (AvgIpc) is 2.45. The van der Waals surface area contributed by atoms with Crippen LogP contribution in [-0.2, 0) is 14.3 Å². The first-order valence-electron chi connectivity index (χ1n) is 6.03. The molecule has 0 fully saturated rings. The van der Waals surface area contributed by atoms with Gasteiger partial charge in [0.25, 0.3) is 5.91 Å². The molecule has 0 bridgehead atoms. The van der Waals surface area contributed by atoms with E-state index in [2.05, 4.69) is 0 Å². The van der Waals surface area contributed by atoms with Crippen LogP contribution in [-0.4, -0.2) is 36.3 Å². The SMILES string of the molecule is CCOC(OCC)C(=O)N(N)C(=O)c1ccccc1. The van der Waals surface area contributed by atoms with Crippen LogP contribution in [0, 0.1) is 0 Å². The minimum absolute atomic E-state index is 0.282. The number of carbonyl (C=O) groups excluding carboxylic acids is 2. The maximum absolute atomic E-state index is 12.0. The first-order valence-corrected chi connectivity index (χ1v) is 6.03. The van der Waals surface area contributed by atoms with Crippen LogP contribution in [0.3, 0.4) is 0 Å². The van der Waals surface area contributed by atoms with Crippen LogP contribution in [0.4, 0.5) is 0 Å². The van der Waals surface area contributed by atoms with Gasteiger partial charge in [-0.1, -0.05) is 18.2 Å². The standard InChI is InChI=1S/C13H18N2O4/c1-3-18-13(19-4-2)12(17)15(14)11(16)10-8-6-5-7-9-10/h5-9,13H,3-4,14H2,1-2H3. The Kier molecular flexibility index (Phi) is 6.14. The molecule has 6 nitrogen and oxygen atoms in total. The molecule has 0 heterocycles. The Morgan fingerprint density at radius 1 is 1.16 bits per heavy atom. The van der Waals surface area contributed by atoms with Crippen LogP contribution in [0.25, 0.3) is 0 Å². The normalized spacial score (nSPS) is 10.5. The van der Waals surface area contributed by atoms with Gasteiger partial charge in [-0.15, -0.1) is 0 Å². The number of rotatable bonds is 6. The monoisotopic (exact) mass is 266 g/mol. The number of hydrazine groups is 1. The lowest BCUT2D eigenvalue weighted by Gasteiger charge is -2.21. The molecule has 104 valence electrons. The van der Waals surface area contributed by atoms with Gasteiger partial charge in [0.2, 0.25) is 6.29 Å². The van der Waals surface area contributed by atoms with Crippen LogP contribution < -0.4 is 5.84 Å². The van der Waals surface area contributed by atoms with Gasteiger partial charge in [-0.05, 0) is 26.0 Å².